The van der Waals surface area contributed by atoms with E-state index in [1.54, 1.807) is 13.8 Å². The maximum Gasteiger partial charge on any atom is 0.220 e. The maximum atomic E-state index is 12.1. The van der Waals surface area contributed by atoms with Gasteiger partial charge in [-0.3, -0.25) is 9.59 Å². The van der Waals surface area contributed by atoms with E-state index < -0.39 is 12.0 Å². The first-order chi connectivity index (χ1) is 10.4. The third kappa shape index (κ3) is 5.28. The molecule has 0 aliphatic heterocycles. The number of allylic oxidation sites excluding steroid dienone is 2. The van der Waals surface area contributed by atoms with Crippen molar-refractivity contribution in [1.29, 1.82) is 0 Å². The number of rotatable bonds is 8. The van der Waals surface area contributed by atoms with Crippen LogP contribution < -0.4 is 10.4 Å². The molecule has 5 heteroatoms. The van der Waals surface area contributed by atoms with E-state index in [2.05, 4.69) is 5.32 Å². The molecule has 0 aromatic heterocycles. The van der Waals surface area contributed by atoms with E-state index >= 15 is 0 Å². The SMILES string of the molecule is CC/C=C\CC1C(=O)CCC1CC(=O)N[C@H](C(=O)[O-])C(C)C. The number of carbonyl (C=O) groups excluding carboxylic acids is 3. The summed E-state index contributed by atoms with van der Waals surface area (Å²) in [6, 6.07) is -0.983. The molecule has 1 aliphatic rings. The number of aliphatic carboxylic acids is 1. The smallest absolute Gasteiger partial charge is 0.220 e. The first kappa shape index (κ1) is 18.4. The predicted molar refractivity (Wildman–Crippen MR) is 81.7 cm³/mol. The van der Waals surface area contributed by atoms with Crippen molar-refractivity contribution in [3.8, 4) is 0 Å². The zero-order valence-corrected chi connectivity index (χ0v) is 13.6. The fraction of sp³-hybridized carbons (Fsp3) is 0.706. The third-order valence-corrected chi connectivity index (χ3v) is 4.22. The average Bonchev–Trinajstić information content (AvgIpc) is 2.77. The van der Waals surface area contributed by atoms with E-state index in [-0.39, 0.29) is 35.9 Å². The molecule has 0 aromatic carbocycles. The monoisotopic (exact) mass is 308 g/mol. The van der Waals surface area contributed by atoms with Gasteiger partial charge in [0.05, 0.1) is 12.0 Å². The lowest BCUT2D eigenvalue weighted by Crippen LogP contribution is -2.51. The Morgan fingerprint density at radius 1 is 1.36 bits per heavy atom. The highest BCUT2D eigenvalue weighted by Gasteiger charge is 2.35. The fourth-order valence-corrected chi connectivity index (χ4v) is 2.92. The van der Waals surface area contributed by atoms with Gasteiger partial charge in [0.1, 0.15) is 5.78 Å². The van der Waals surface area contributed by atoms with Gasteiger partial charge in [-0.1, -0.05) is 32.9 Å². The topological polar surface area (TPSA) is 86.3 Å². The lowest BCUT2D eigenvalue weighted by molar-refractivity contribution is -0.309. The molecule has 22 heavy (non-hydrogen) atoms. The Morgan fingerprint density at radius 3 is 2.59 bits per heavy atom. The van der Waals surface area contributed by atoms with Crippen LogP contribution in [0.2, 0.25) is 0 Å². The molecule has 1 rings (SSSR count). The molecule has 0 radical (unpaired) electrons. The van der Waals surface area contributed by atoms with Crippen LogP contribution in [0.15, 0.2) is 12.2 Å². The highest BCUT2D eigenvalue weighted by atomic mass is 16.4. The van der Waals surface area contributed by atoms with Crippen molar-refractivity contribution in [2.45, 2.75) is 58.9 Å². The molecule has 0 aromatic rings. The van der Waals surface area contributed by atoms with E-state index in [0.29, 0.717) is 19.3 Å². The van der Waals surface area contributed by atoms with Gasteiger partial charge in [0.2, 0.25) is 5.91 Å². The minimum absolute atomic E-state index is 0.00331. The van der Waals surface area contributed by atoms with Crippen molar-refractivity contribution in [2.75, 3.05) is 0 Å². The summed E-state index contributed by atoms with van der Waals surface area (Å²) in [7, 11) is 0. The van der Waals surface area contributed by atoms with Crippen molar-refractivity contribution in [2.24, 2.45) is 17.8 Å². The van der Waals surface area contributed by atoms with Crippen molar-refractivity contribution in [3.63, 3.8) is 0 Å². The Labute approximate surface area is 132 Å². The van der Waals surface area contributed by atoms with Crippen LogP contribution in [-0.4, -0.2) is 23.7 Å². The Balaban J connectivity index is 2.60. The Hall–Kier alpha value is -1.65. The number of amides is 1. The molecule has 1 saturated carbocycles. The van der Waals surface area contributed by atoms with Crippen molar-refractivity contribution < 1.29 is 19.5 Å². The molecule has 0 heterocycles. The summed E-state index contributed by atoms with van der Waals surface area (Å²) < 4.78 is 0. The molecule has 3 atom stereocenters. The van der Waals surface area contributed by atoms with Crippen molar-refractivity contribution in [3.05, 3.63) is 12.2 Å². The number of ketones is 1. The summed E-state index contributed by atoms with van der Waals surface area (Å²) >= 11 is 0. The largest absolute Gasteiger partial charge is 0.548 e. The van der Waals surface area contributed by atoms with Crippen LogP contribution in [-0.2, 0) is 14.4 Å². The summed E-state index contributed by atoms with van der Waals surface area (Å²) in [5, 5.41) is 13.5. The number of Topliss-reactive ketones (excluding diaryl/α,β-unsaturated/α-hetero) is 1. The van der Waals surface area contributed by atoms with Crippen LogP contribution in [0, 0.1) is 17.8 Å². The summed E-state index contributed by atoms with van der Waals surface area (Å²) in [6.07, 6.45) is 7.02. The molecule has 124 valence electrons. The summed E-state index contributed by atoms with van der Waals surface area (Å²) in [4.78, 5) is 35.0. The van der Waals surface area contributed by atoms with Gasteiger partial charge in [-0.15, -0.1) is 0 Å². The van der Waals surface area contributed by atoms with Gasteiger partial charge in [0.25, 0.3) is 0 Å². The third-order valence-electron chi connectivity index (χ3n) is 4.22. The second-order valence-corrected chi connectivity index (χ2v) is 6.30. The number of carboxylic acid groups (broad SMARTS) is 1. The number of carbonyl (C=O) groups is 3. The standard InChI is InChI=1S/C17H27NO4/c1-4-5-6-7-13-12(8-9-14(13)19)10-15(20)18-16(11(2)3)17(21)22/h5-6,11-13,16H,4,7-10H2,1-3H3,(H,18,20)(H,21,22)/p-1/b6-5-/t12?,13?,16-/m0/s1. The van der Waals surface area contributed by atoms with Gasteiger partial charge in [-0.25, -0.2) is 0 Å². The molecule has 0 bridgehead atoms. The van der Waals surface area contributed by atoms with Gasteiger partial charge in [-0.2, -0.15) is 0 Å². The summed E-state index contributed by atoms with van der Waals surface area (Å²) in [6.45, 7) is 5.47. The zero-order valence-electron chi connectivity index (χ0n) is 13.6. The zero-order chi connectivity index (χ0) is 16.7. The molecule has 1 N–H and O–H groups in total. The van der Waals surface area contributed by atoms with E-state index in [0.717, 1.165) is 6.42 Å². The lowest BCUT2D eigenvalue weighted by Gasteiger charge is -2.24. The number of carboxylic acids is 1. The van der Waals surface area contributed by atoms with Gasteiger partial charge in [0, 0.05) is 18.8 Å². The number of nitrogens with one attached hydrogen (secondary N) is 1. The fourth-order valence-electron chi connectivity index (χ4n) is 2.92. The van der Waals surface area contributed by atoms with Crippen molar-refractivity contribution >= 4 is 17.7 Å². The van der Waals surface area contributed by atoms with Crippen LogP contribution in [0.4, 0.5) is 0 Å². The number of hydrogen-bond donors (Lipinski definition) is 1. The van der Waals surface area contributed by atoms with Gasteiger partial charge < -0.3 is 15.2 Å². The normalized spacial score (nSPS) is 23.2. The van der Waals surface area contributed by atoms with Crippen LogP contribution in [0.1, 0.15) is 52.9 Å². The van der Waals surface area contributed by atoms with E-state index in [1.807, 2.05) is 19.1 Å². The minimum atomic E-state index is -1.27. The summed E-state index contributed by atoms with van der Waals surface area (Å²) in [5.74, 6) is -1.72. The first-order valence-corrected chi connectivity index (χ1v) is 8.04. The summed E-state index contributed by atoms with van der Waals surface area (Å²) in [5.41, 5.74) is 0. The molecule has 2 unspecified atom stereocenters. The van der Waals surface area contributed by atoms with Crippen LogP contribution in [0.5, 0.6) is 0 Å². The van der Waals surface area contributed by atoms with Gasteiger partial charge in [0.15, 0.2) is 0 Å². The Kier molecular flexibility index (Phi) is 7.28. The maximum absolute atomic E-state index is 12.1. The highest BCUT2D eigenvalue weighted by molar-refractivity contribution is 5.86. The average molecular weight is 308 g/mol. The number of hydrogen-bond acceptors (Lipinski definition) is 4. The highest BCUT2D eigenvalue weighted by Crippen LogP contribution is 2.34. The van der Waals surface area contributed by atoms with Crippen molar-refractivity contribution in [1.82, 2.24) is 5.32 Å². The van der Waals surface area contributed by atoms with E-state index in [9.17, 15) is 19.5 Å². The second-order valence-electron chi connectivity index (χ2n) is 6.30. The Bertz CT molecular complexity index is 442. The molecule has 1 amide bonds. The molecule has 1 aliphatic carbocycles. The van der Waals surface area contributed by atoms with Crippen LogP contribution >= 0.6 is 0 Å². The predicted octanol–water partition coefficient (Wildman–Crippen LogP) is 1.22. The molecule has 1 fully saturated rings. The van der Waals surface area contributed by atoms with E-state index in [4.69, 9.17) is 0 Å². The van der Waals surface area contributed by atoms with Crippen LogP contribution in [0.3, 0.4) is 0 Å². The van der Waals surface area contributed by atoms with Crippen LogP contribution in [0.25, 0.3) is 0 Å². The van der Waals surface area contributed by atoms with Gasteiger partial charge >= 0.3 is 0 Å². The van der Waals surface area contributed by atoms with E-state index in [1.165, 1.54) is 0 Å². The molecular formula is C17H26NO4-. The lowest BCUT2D eigenvalue weighted by atomic mass is 9.89. The van der Waals surface area contributed by atoms with Gasteiger partial charge in [-0.05, 0) is 31.1 Å². The quantitative estimate of drug-likeness (QED) is 0.683. The molecule has 5 nitrogen and oxygen atoms in total. The molecular weight excluding hydrogens is 282 g/mol. The minimum Gasteiger partial charge on any atom is -0.548 e. The molecule has 0 saturated heterocycles. The first-order valence-electron chi connectivity index (χ1n) is 8.04. The molecule has 0 spiro atoms. The second kappa shape index (κ2) is 8.71. The Morgan fingerprint density at radius 2 is 2.05 bits per heavy atom.